The lowest BCUT2D eigenvalue weighted by Crippen LogP contribution is -2.28. The van der Waals surface area contributed by atoms with E-state index >= 15 is 0 Å². The molecule has 1 aliphatic carbocycles. The molecule has 0 saturated carbocycles. The molecule has 1 aromatic rings. The number of benzene rings is 1. The van der Waals surface area contributed by atoms with E-state index in [9.17, 15) is 9.90 Å². The van der Waals surface area contributed by atoms with Gasteiger partial charge in [-0.05, 0) is 24.0 Å². The monoisotopic (exact) mass is 220 g/mol. The minimum atomic E-state index is -0.132. The predicted molar refractivity (Wildman–Crippen MR) is 61.2 cm³/mol. The Kier molecular flexibility index (Phi) is 2.41. The van der Waals surface area contributed by atoms with Crippen LogP contribution in [0, 0.1) is 0 Å². The normalized spacial score (nSPS) is 18.1. The van der Waals surface area contributed by atoms with Gasteiger partial charge in [0.2, 0.25) is 0 Å². The maximum atomic E-state index is 11.8. The first-order valence-electron chi connectivity index (χ1n) is 5.41. The Morgan fingerprint density at radius 3 is 2.69 bits per heavy atom. The number of ether oxygens (including phenoxy) is 1. The third-order valence-electron chi connectivity index (χ3n) is 3.30. The second kappa shape index (κ2) is 3.51. The first-order chi connectivity index (χ1) is 7.47. The Morgan fingerprint density at radius 2 is 2.06 bits per heavy atom. The van der Waals surface area contributed by atoms with Gasteiger partial charge in [-0.2, -0.15) is 0 Å². The molecular formula is C13H16O3. The Balaban J connectivity index is 2.76. The number of Topliss-reactive ketones (excluding diaryl/α,β-unsaturated/α-hetero) is 1. The molecule has 3 nitrogen and oxygen atoms in total. The molecule has 1 aromatic carbocycles. The number of aromatic hydroxyl groups is 1. The lowest BCUT2D eigenvalue weighted by molar-refractivity contribution is 0.0952. The Hall–Kier alpha value is -1.51. The van der Waals surface area contributed by atoms with Crippen molar-refractivity contribution in [3.05, 3.63) is 23.3 Å². The minimum Gasteiger partial charge on any atom is -0.507 e. The van der Waals surface area contributed by atoms with Crippen molar-refractivity contribution in [1.29, 1.82) is 0 Å². The highest BCUT2D eigenvalue weighted by molar-refractivity contribution is 6.02. The largest absolute Gasteiger partial charge is 0.507 e. The molecular weight excluding hydrogens is 204 g/mol. The molecule has 2 rings (SSSR count). The molecule has 0 heterocycles. The zero-order valence-electron chi connectivity index (χ0n) is 9.83. The zero-order valence-corrected chi connectivity index (χ0v) is 9.83. The molecule has 0 fully saturated rings. The van der Waals surface area contributed by atoms with Crippen LogP contribution < -0.4 is 4.74 Å². The van der Waals surface area contributed by atoms with Gasteiger partial charge in [0.15, 0.2) is 5.78 Å². The summed E-state index contributed by atoms with van der Waals surface area (Å²) in [6.07, 6.45) is 1.28. The van der Waals surface area contributed by atoms with Gasteiger partial charge in [0.05, 0.1) is 12.7 Å². The van der Waals surface area contributed by atoms with Crippen molar-refractivity contribution in [2.24, 2.45) is 0 Å². The van der Waals surface area contributed by atoms with Crippen molar-refractivity contribution >= 4 is 5.78 Å². The molecule has 0 radical (unpaired) electrons. The summed E-state index contributed by atoms with van der Waals surface area (Å²) in [4.78, 5) is 11.8. The third kappa shape index (κ3) is 1.47. The summed E-state index contributed by atoms with van der Waals surface area (Å²) in [5.74, 6) is 0.755. The molecule has 0 bridgehead atoms. The lowest BCUT2D eigenvalue weighted by Gasteiger charge is -2.33. The summed E-state index contributed by atoms with van der Waals surface area (Å²) in [7, 11) is 1.59. The Bertz CT molecular complexity index is 447. The number of phenolic OH excluding ortho intramolecular Hbond substituents is 1. The van der Waals surface area contributed by atoms with Gasteiger partial charge >= 0.3 is 0 Å². The van der Waals surface area contributed by atoms with Crippen molar-refractivity contribution in [3.63, 3.8) is 0 Å². The molecule has 86 valence electrons. The van der Waals surface area contributed by atoms with E-state index in [1.54, 1.807) is 13.2 Å². The number of rotatable bonds is 1. The van der Waals surface area contributed by atoms with E-state index in [-0.39, 0.29) is 16.9 Å². The number of phenols is 1. The fraction of sp³-hybridized carbons (Fsp3) is 0.462. The van der Waals surface area contributed by atoms with Gasteiger partial charge < -0.3 is 9.84 Å². The van der Waals surface area contributed by atoms with Crippen LogP contribution in [0.15, 0.2) is 12.1 Å². The van der Waals surface area contributed by atoms with Crippen LogP contribution in [0.2, 0.25) is 0 Å². The van der Waals surface area contributed by atoms with Crippen LogP contribution in [0.5, 0.6) is 11.5 Å². The standard InChI is InChI=1S/C13H16O3/c1-13(2)7-6-9(15)11-8(14)4-5-10(16-3)12(11)13/h4-5,14H,6-7H2,1-3H3. The fourth-order valence-electron chi connectivity index (χ4n) is 2.37. The van der Waals surface area contributed by atoms with Crippen molar-refractivity contribution in [1.82, 2.24) is 0 Å². The molecule has 0 aliphatic heterocycles. The zero-order chi connectivity index (χ0) is 11.9. The van der Waals surface area contributed by atoms with Crippen LogP contribution in [0.3, 0.4) is 0 Å². The van der Waals surface area contributed by atoms with Crippen LogP contribution in [-0.4, -0.2) is 18.0 Å². The van der Waals surface area contributed by atoms with Crippen molar-refractivity contribution in [3.8, 4) is 11.5 Å². The topological polar surface area (TPSA) is 46.5 Å². The second-order valence-electron chi connectivity index (χ2n) is 4.84. The smallest absolute Gasteiger partial charge is 0.167 e. The number of ketones is 1. The average Bonchev–Trinajstić information content (AvgIpc) is 2.24. The van der Waals surface area contributed by atoms with Gasteiger partial charge in [0.25, 0.3) is 0 Å². The van der Waals surface area contributed by atoms with E-state index in [1.807, 2.05) is 0 Å². The van der Waals surface area contributed by atoms with Crippen LogP contribution in [0.1, 0.15) is 42.6 Å². The molecule has 3 heteroatoms. The van der Waals surface area contributed by atoms with Gasteiger partial charge in [-0.3, -0.25) is 4.79 Å². The molecule has 0 aromatic heterocycles. The van der Waals surface area contributed by atoms with Crippen molar-refractivity contribution in [2.45, 2.75) is 32.1 Å². The summed E-state index contributed by atoms with van der Waals surface area (Å²) in [5.41, 5.74) is 1.15. The number of hydrogen-bond acceptors (Lipinski definition) is 3. The predicted octanol–water partition coefficient (Wildman–Crippen LogP) is 2.65. The summed E-state index contributed by atoms with van der Waals surface area (Å²) < 4.78 is 5.29. The van der Waals surface area contributed by atoms with E-state index in [1.165, 1.54) is 6.07 Å². The van der Waals surface area contributed by atoms with E-state index in [0.717, 1.165) is 12.0 Å². The van der Waals surface area contributed by atoms with Crippen LogP contribution in [-0.2, 0) is 5.41 Å². The highest BCUT2D eigenvalue weighted by Crippen LogP contribution is 2.45. The van der Waals surface area contributed by atoms with Gasteiger partial charge in [-0.15, -0.1) is 0 Å². The van der Waals surface area contributed by atoms with Gasteiger partial charge in [0.1, 0.15) is 11.5 Å². The third-order valence-corrected chi connectivity index (χ3v) is 3.30. The number of fused-ring (bicyclic) bond motifs is 1. The Morgan fingerprint density at radius 1 is 1.38 bits per heavy atom. The molecule has 1 aliphatic rings. The van der Waals surface area contributed by atoms with Crippen LogP contribution in [0.4, 0.5) is 0 Å². The molecule has 0 spiro atoms. The van der Waals surface area contributed by atoms with Crippen molar-refractivity contribution in [2.75, 3.05) is 7.11 Å². The molecule has 16 heavy (non-hydrogen) atoms. The molecule has 1 N–H and O–H groups in total. The first kappa shape index (κ1) is 11.0. The van der Waals surface area contributed by atoms with E-state index in [0.29, 0.717) is 17.7 Å². The summed E-state index contributed by atoms with van der Waals surface area (Å²) in [6.45, 7) is 4.14. The van der Waals surface area contributed by atoms with Gasteiger partial charge in [0, 0.05) is 12.0 Å². The lowest BCUT2D eigenvalue weighted by atomic mass is 9.71. The summed E-state index contributed by atoms with van der Waals surface area (Å²) >= 11 is 0. The number of hydrogen-bond donors (Lipinski definition) is 1. The second-order valence-corrected chi connectivity index (χ2v) is 4.84. The SMILES string of the molecule is COc1ccc(O)c2c1C(C)(C)CCC2=O. The van der Waals surface area contributed by atoms with E-state index in [2.05, 4.69) is 13.8 Å². The summed E-state index contributed by atoms with van der Waals surface area (Å²) in [5, 5.41) is 9.80. The van der Waals surface area contributed by atoms with E-state index in [4.69, 9.17) is 4.74 Å². The highest BCUT2D eigenvalue weighted by atomic mass is 16.5. The maximum absolute atomic E-state index is 11.8. The summed E-state index contributed by atoms with van der Waals surface area (Å²) in [6, 6.07) is 3.24. The maximum Gasteiger partial charge on any atom is 0.167 e. The quantitative estimate of drug-likeness (QED) is 0.791. The average molecular weight is 220 g/mol. The minimum absolute atomic E-state index is 0.00530. The Labute approximate surface area is 95.0 Å². The fourth-order valence-corrected chi connectivity index (χ4v) is 2.37. The molecule has 0 amide bonds. The number of methoxy groups -OCH3 is 1. The molecule has 0 unspecified atom stereocenters. The molecule has 0 atom stereocenters. The highest BCUT2D eigenvalue weighted by Gasteiger charge is 2.36. The van der Waals surface area contributed by atoms with Crippen LogP contribution >= 0.6 is 0 Å². The van der Waals surface area contributed by atoms with E-state index < -0.39 is 0 Å². The van der Waals surface area contributed by atoms with Crippen molar-refractivity contribution < 1.29 is 14.6 Å². The van der Waals surface area contributed by atoms with Gasteiger partial charge in [-0.25, -0.2) is 0 Å². The molecule has 0 saturated heterocycles. The first-order valence-corrected chi connectivity index (χ1v) is 5.41. The number of carbonyl (C=O) groups excluding carboxylic acids is 1. The van der Waals surface area contributed by atoms with Gasteiger partial charge in [-0.1, -0.05) is 13.8 Å². The number of carbonyl (C=O) groups is 1. The van der Waals surface area contributed by atoms with Crippen LogP contribution in [0.25, 0.3) is 0 Å².